The summed E-state index contributed by atoms with van der Waals surface area (Å²) in [5, 5.41) is 4.28. The molecule has 2 aliphatic heterocycles. The standard InChI is InChI=1S/C14H22N2O3S2/c1-2-21(17,18)15-9-14-10-16(5-12-3-4-20-8-12)6-13(14)7-19-11-14/h3-4,8,13,15H,2,5-7,9-11H2,1H3/t13-,14+/m1/s1. The molecule has 1 N–H and O–H groups in total. The molecule has 3 rings (SSSR count). The zero-order valence-corrected chi connectivity index (χ0v) is 13.9. The number of fused-ring (bicyclic) bond motifs is 1. The third-order valence-corrected chi connectivity index (χ3v) is 6.68. The van der Waals surface area contributed by atoms with Gasteiger partial charge in [-0.3, -0.25) is 4.90 Å². The summed E-state index contributed by atoms with van der Waals surface area (Å²) < 4.78 is 31.8. The third kappa shape index (κ3) is 3.32. The molecule has 0 unspecified atom stereocenters. The molecule has 0 aromatic carbocycles. The number of rotatable bonds is 6. The summed E-state index contributed by atoms with van der Waals surface area (Å²) in [4.78, 5) is 2.43. The highest BCUT2D eigenvalue weighted by atomic mass is 32.2. The lowest BCUT2D eigenvalue weighted by Crippen LogP contribution is -2.43. The lowest BCUT2D eigenvalue weighted by Gasteiger charge is -2.27. The highest BCUT2D eigenvalue weighted by Crippen LogP contribution is 2.41. The second kappa shape index (κ2) is 5.96. The molecule has 0 spiro atoms. The zero-order valence-electron chi connectivity index (χ0n) is 12.2. The Hall–Kier alpha value is -0.470. The molecule has 1 aromatic rings. The molecule has 7 heteroatoms. The second-order valence-electron chi connectivity index (χ2n) is 6.10. The van der Waals surface area contributed by atoms with Crippen LogP contribution in [0, 0.1) is 11.3 Å². The molecule has 2 saturated heterocycles. The van der Waals surface area contributed by atoms with Crippen LogP contribution in [0.2, 0.25) is 0 Å². The van der Waals surface area contributed by atoms with Crippen molar-refractivity contribution in [2.75, 3.05) is 38.6 Å². The van der Waals surface area contributed by atoms with E-state index in [0.717, 1.165) is 26.2 Å². The number of nitrogens with zero attached hydrogens (tertiary/aromatic N) is 1. The Kier molecular flexibility index (Phi) is 4.38. The van der Waals surface area contributed by atoms with Crippen LogP contribution in [0.4, 0.5) is 0 Å². The summed E-state index contributed by atoms with van der Waals surface area (Å²) >= 11 is 1.72. The van der Waals surface area contributed by atoms with Gasteiger partial charge in [0.1, 0.15) is 0 Å². The molecule has 2 atom stereocenters. The quantitative estimate of drug-likeness (QED) is 0.850. The van der Waals surface area contributed by atoms with E-state index in [9.17, 15) is 8.42 Å². The Morgan fingerprint density at radius 1 is 1.57 bits per heavy atom. The van der Waals surface area contributed by atoms with E-state index in [2.05, 4.69) is 26.4 Å². The molecule has 5 nitrogen and oxygen atoms in total. The van der Waals surface area contributed by atoms with Gasteiger partial charge >= 0.3 is 0 Å². The average Bonchev–Trinajstić information content (AvgIpc) is 3.13. The van der Waals surface area contributed by atoms with Gasteiger partial charge < -0.3 is 4.74 Å². The van der Waals surface area contributed by atoms with Gasteiger partial charge in [0.15, 0.2) is 0 Å². The molecule has 118 valence electrons. The summed E-state index contributed by atoms with van der Waals surface area (Å²) in [5.41, 5.74) is 1.28. The molecule has 1 aromatic heterocycles. The highest BCUT2D eigenvalue weighted by Gasteiger charge is 2.50. The van der Waals surface area contributed by atoms with Gasteiger partial charge in [0.2, 0.25) is 10.0 Å². The number of hydrogen-bond acceptors (Lipinski definition) is 5. The lowest BCUT2D eigenvalue weighted by molar-refractivity contribution is 0.128. The number of thiophene rings is 1. The fraction of sp³-hybridized carbons (Fsp3) is 0.714. The molecule has 0 amide bonds. The maximum atomic E-state index is 11.7. The van der Waals surface area contributed by atoms with Crippen LogP contribution in [-0.2, 0) is 21.3 Å². The predicted octanol–water partition coefficient (Wildman–Crippen LogP) is 1.14. The Morgan fingerprint density at radius 2 is 2.43 bits per heavy atom. The minimum absolute atomic E-state index is 0.0573. The molecule has 0 saturated carbocycles. The van der Waals surface area contributed by atoms with Crippen molar-refractivity contribution in [1.82, 2.24) is 9.62 Å². The first-order valence-corrected chi connectivity index (χ1v) is 9.91. The van der Waals surface area contributed by atoms with Crippen LogP contribution >= 0.6 is 11.3 Å². The molecule has 0 radical (unpaired) electrons. The van der Waals surface area contributed by atoms with Gasteiger partial charge in [-0.15, -0.1) is 0 Å². The monoisotopic (exact) mass is 330 g/mol. The minimum Gasteiger partial charge on any atom is -0.380 e. The molecule has 0 aliphatic carbocycles. The zero-order chi connectivity index (χ0) is 14.9. The molecule has 3 heterocycles. The number of hydrogen-bond donors (Lipinski definition) is 1. The summed E-state index contributed by atoms with van der Waals surface area (Å²) in [6, 6.07) is 2.15. The van der Waals surface area contributed by atoms with Gasteiger partial charge in [-0.05, 0) is 29.3 Å². The molecule has 2 aliphatic rings. The Bertz CT molecular complexity index is 573. The molecule has 0 bridgehead atoms. The fourth-order valence-electron chi connectivity index (χ4n) is 3.31. The molecular formula is C14H22N2O3S2. The summed E-state index contributed by atoms with van der Waals surface area (Å²) in [5.74, 6) is 0.559. The molecular weight excluding hydrogens is 308 g/mol. The predicted molar refractivity (Wildman–Crippen MR) is 83.8 cm³/mol. The average molecular weight is 330 g/mol. The van der Waals surface area contributed by atoms with Gasteiger partial charge in [-0.2, -0.15) is 11.3 Å². The van der Waals surface area contributed by atoms with E-state index in [0.29, 0.717) is 19.1 Å². The van der Waals surface area contributed by atoms with Gasteiger partial charge in [0.25, 0.3) is 0 Å². The number of ether oxygens (including phenoxy) is 1. The van der Waals surface area contributed by atoms with Crippen LogP contribution < -0.4 is 4.72 Å². The van der Waals surface area contributed by atoms with Crippen LogP contribution in [0.25, 0.3) is 0 Å². The summed E-state index contributed by atoms with van der Waals surface area (Å²) in [6.07, 6.45) is 0. The maximum Gasteiger partial charge on any atom is 0.211 e. The summed E-state index contributed by atoms with van der Waals surface area (Å²) in [7, 11) is -3.14. The lowest BCUT2D eigenvalue weighted by atomic mass is 9.81. The van der Waals surface area contributed by atoms with E-state index < -0.39 is 10.0 Å². The molecule has 21 heavy (non-hydrogen) atoms. The Morgan fingerprint density at radius 3 is 3.14 bits per heavy atom. The minimum atomic E-state index is -3.14. The van der Waals surface area contributed by atoms with Crippen LogP contribution in [0.5, 0.6) is 0 Å². The summed E-state index contributed by atoms with van der Waals surface area (Å²) in [6.45, 7) is 6.40. The van der Waals surface area contributed by atoms with Crippen molar-refractivity contribution < 1.29 is 13.2 Å². The van der Waals surface area contributed by atoms with Crippen molar-refractivity contribution in [3.63, 3.8) is 0 Å². The van der Waals surface area contributed by atoms with E-state index in [1.165, 1.54) is 5.56 Å². The van der Waals surface area contributed by atoms with Crippen LogP contribution in [0.1, 0.15) is 12.5 Å². The number of nitrogens with one attached hydrogen (secondary N) is 1. The highest BCUT2D eigenvalue weighted by molar-refractivity contribution is 7.89. The van der Waals surface area contributed by atoms with Crippen molar-refractivity contribution in [3.8, 4) is 0 Å². The van der Waals surface area contributed by atoms with Crippen molar-refractivity contribution in [3.05, 3.63) is 22.4 Å². The maximum absolute atomic E-state index is 11.7. The van der Waals surface area contributed by atoms with Crippen LogP contribution in [0.3, 0.4) is 0 Å². The van der Waals surface area contributed by atoms with Crippen LogP contribution in [-0.4, -0.2) is 51.9 Å². The van der Waals surface area contributed by atoms with Gasteiger partial charge in [0.05, 0.1) is 19.0 Å². The molecule has 2 fully saturated rings. The first-order valence-electron chi connectivity index (χ1n) is 7.31. The van der Waals surface area contributed by atoms with Crippen LogP contribution in [0.15, 0.2) is 16.8 Å². The Labute approximate surface area is 130 Å². The topological polar surface area (TPSA) is 58.6 Å². The Balaban J connectivity index is 1.66. The fourth-order valence-corrected chi connectivity index (χ4v) is 4.68. The first kappa shape index (κ1) is 15.4. The van der Waals surface area contributed by atoms with Crippen molar-refractivity contribution >= 4 is 21.4 Å². The van der Waals surface area contributed by atoms with Gasteiger partial charge in [-0.25, -0.2) is 13.1 Å². The largest absolute Gasteiger partial charge is 0.380 e. The smallest absolute Gasteiger partial charge is 0.211 e. The van der Waals surface area contributed by atoms with E-state index in [1.807, 2.05) is 0 Å². The van der Waals surface area contributed by atoms with Crippen molar-refractivity contribution in [1.29, 1.82) is 0 Å². The second-order valence-corrected chi connectivity index (χ2v) is 8.98. The number of sulfonamides is 1. The van der Waals surface area contributed by atoms with Crippen molar-refractivity contribution in [2.45, 2.75) is 13.5 Å². The normalized spacial score (nSPS) is 29.9. The third-order valence-electron chi connectivity index (χ3n) is 4.60. The SMILES string of the molecule is CCS(=O)(=O)NC[C@]12COC[C@H]1CN(Cc1ccsc1)C2. The van der Waals surface area contributed by atoms with Crippen molar-refractivity contribution in [2.24, 2.45) is 11.3 Å². The van der Waals surface area contributed by atoms with Gasteiger partial charge in [-0.1, -0.05) is 0 Å². The van der Waals surface area contributed by atoms with E-state index in [4.69, 9.17) is 4.74 Å². The van der Waals surface area contributed by atoms with E-state index >= 15 is 0 Å². The van der Waals surface area contributed by atoms with E-state index in [1.54, 1.807) is 18.3 Å². The first-order chi connectivity index (χ1) is 10.0. The number of likely N-dealkylation sites (tertiary alicyclic amines) is 1. The van der Waals surface area contributed by atoms with Gasteiger partial charge in [0, 0.05) is 37.5 Å². The van der Waals surface area contributed by atoms with E-state index in [-0.39, 0.29) is 11.2 Å².